The van der Waals surface area contributed by atoms with Gasteiger partial charge in [-0.25, -0.2) is 14.4 Å². The van der Waals surface area contributed by atoms with E-state index in [9.17, 15) is 14.4 Å². The van der Waals surface area contributed by atoms with Crippen molar-refractivity contribution in [1.29, 1.82) is 0 Å². The monoisotopic (exact) mass is 348 g/mol. The molecule has 1 aliphatic rings. The van der Waals surface area contributed by atoms with E-state index >= 15 is 0 Å². The molecular weight excluding hydrogens is 336 g/mol. The molecule has 9 heteroatoms. The first-order chi connectivity index (χ1) is 11.5. The zero-order chi connectivity index (χ0) is 17.3. The summed E-state index contributed by atoms with van der Waals surface area (Å²) in [5.74, 6) is -1.46. The summed E-state index contributed by atoms with van der Waals surface area (Å²) in [6, 6.07) is 5.60. The molecule has 1 aromatic carbocycles. The SMILES string of the molecule is CCOC(=O)c1cn(C2CC(=O)N(c3cccc(Cl)c3)C2=O)nn1. The molecule has 1 saturated heterocycles. The third kappa shape index (κ3) is 2.88. The minimum Gasteiger partial charge on any atom is -0.461 e. The normalized spacial score (nSPS) is 17.4. The van der Waals surface area contributed by atoms with Crippen LogP contribution in [0.1, 0.15) is 29.9 Å². The Bertz CT molecular complexity index is 819. The van der Waals surface area contributed by atoms with Crippen molar-refractivity contribution >= 4 is 35.1 Å². The summed E-state index contributed by atoms with van der Waals surface area (Å²) < 4.78 is 6.03. The summed E-state index contributed by atoms with van der Waals surface area (Å²) in [4.78, 5) is 37.5. The number of imide groups is 1. The van der Waals surface area contributed by atoms with E-state index in [0.717, 1.165) is 4.90 Å². The summed E-state index contributed by atoms with van der Waals surface area (Å²) in [5, 5.41) is 7.88. The molecule has 8 nitrogen and oxygen atoms in total. The molecule has 24 heavy (non-hydrogen) atoms. The molecule has 1 aliphatic heterocycles. The number of amides is 2. The zero-order valence-corrected chi connectivity index (χ0v) is 13.4. The molecule has 0 N–H and O–H groups in total. The Morgan fingerprint density at radius 3 is 2.92 bits per heavy atom. The highest BCUT2D eigenvalue weighted by atomic mass is 35.5. The number of hydrogen-bond donors (Lipinski definition) is 0. The van der Waals surface area contributed by atoms with Crippen molar-refractivity contribution < 1.29 is 19.1 Å². The first kappa shape index (κ1) is 16.1. The second-order valence-electron chi connectivity index (χ2n) is 5.07. The predicted molar refractivity (Wildman–Crippen MR) is 83.6 cm³/mol. The Labute approximate surface area is 141 Å². The van der Waals surface area contributed by atoms with Crippen molar-refractivity contribution in [2.75, 3.05) is 11.5 Å². The van der Waals surface area contributed by atoms with Gasteiger partial charge in [0.15, 0.2) is 5.69 Å². The van der Waals surface area contributed by atoms with Crippen molar-refractivity contribution in [2.24, 2.45) is 0 Å². The molecule has 2 heterocycles. The number of carbonyl (C=O) groups is 3. The molecule has 124 valence electrons. The molecule has 1 unspecified atom stereocenters. The predicted octanol–water partition coefficient (Wildman–Crippen LogP) is 1.61. The second-order valence-corrected chi connectivity index (χ2v) is 5.51. The summed E-state index contributed by atoms with van der Waals surface area (Å²) in [6.07, 6.45) is 1.23. The fraction of sp³-hybridized carbons (Fsp3) is 0.267. The number of halogens is 1. The van der Waals surface area contributed by atoms with E-state index in [1.807, 2.05) is 0 Å². The number of anilines is 1. The minimum atomic E-state index is -0.854. The highest BCUT2D eigenvalue weighted by molar-refractivity contribution is 6.31. The molecule has 0 aliphatic carbocycles. The number of ether oxygens (including phenoxy) is 1. The largest absolute Gasteiger partial charge is 0.461 e. The number of esters is 1. The highest BCUT2D eigenvalue weighted by Gasteiger charge is 2.41. The van der Waals surface area contributed by atoms with E-state index < -0.39 is 17.9 Å². The first-order valence-electron chi connectivity index (χ1n) is 7.22. The number of benzene rings is 1. The maximum absolute atomic E-state index is 12.6. The van der Waals surface area contributed by atoms with Crippen LogP contribution in [0.5, 0.6) is 0 Å². The molecule has 1 atom stereocenters. The van der Waals surface area contributed by atoms with Crippen molar-refractivity contribution in [3.63, 3.8) is 0 Å². The summed E-state index contributed by atoms with van der Waals surface area (Å²) in [7, 11) is 0. The van der Waals surface area contributed by atoms with Crippen molar-refractivity contribution in [3.8, 4) is 0 Å². The molecule has 0 bridgehead atoms. The number of nitrogens with zero attached hydrogens (tertiary/aromatic N) is 4. The molecule has 1 aromatic heterocycles. The second kappa shape index (κ2) is 6.40. The molecule has 1 fully saturated rings. The Balaban J connectivity index is 1.85. The topological polar surface area (TPSA) is 94.4 Å². The van der Waals surface area contributed by atoms with Crippen LogP contribution < -0.4 is 4.90 Å². The van der Waals surface area contributed by atoms with Gasteiger partial charge in [0, 0.05) is 5.02 Å². The van der Waals surface area contributed by atoms with Gasteiger partial charge in [0.25, 0.3) is 5.91 Å². The lowest BCUT2D eigenvalue weighted by atomic mass is 10.2. The number of carbonyl (C=O) groups excluding carboxylic acids is 3. The van der Waals surface area contributed by atoms with Gasteiger partial charge in [-0.05, 0) is 25.1 Å². The summed E-state index contributed by atoms with van der Waals surface area (Å²) >= 11 is 5.91. The van der Waals surface area contributed by atoms with Gasteiger partial charge in [-0.15, -0.1) is 5.10 Å². The maximum Gasteiger partial charge on any atom is 0.360 e. The van der Waals surface area contributed by atoms with E-state index in [2.05, 4.69) is 10.3 Å². The molecule has 0 radical (unpaired) electrons. The van der Waals surface area contributed by atoms with Crippen LogP contribution in [0.25, 0.3) is 0 Å². The van der Waals surface area contributed by atoms with Crippen LogP contribution in [0.2, 0.25) is 5.02 Å². The minimum absolute atomic E-state index is 0.0155. The smallest absolute Gasteiger partial charge is 0.360 e. The van der Waals surface area contributed by atoms with E-state index in [0.29, 0.717) is 10.7 Å². The Morgan fingerprint density at radius 1 is 1.42 bits per heavy atom. The van der Waals surface area contributed by atoms with Crippen molar-refractivity contribution in [1.82, 2.24) is 15.0 Å². The lowest BCUT2D eigenvalue weighted by molar-refractivity contribution is -0.122. The molecule has 3 rings (SSSR count). The summed E-state index contributed by atoms with van der Waals surface area (Å²) in [5.41, 5.74) is 0.379. The van der Waals surface area contributed by atoms with Gasteiger partial charge in [0.2, 0.25) is 5.91 Å². The van der Waals surface area contributed by atoms with Crippen LogP contribution in [-0.2, 0) is 14.3 Å². The van der Waals surface area contributed by atoms with Gasteiger partial charge in [0.05, 0.1) is 24.9 Å². The Kier molecular flexibility index (Phi) is 4.30. The van der Waals surface area contributed by atoms with Gasteiger partial charge in [-0.3, -0.25) is 9.59 Å². The number of hydrogen-bond acceptors (Lipinski definition) is 6. The van der Waals surface area contributed by atoms with E-state index in [4.69, 9.17) is 16.3 Å². The summed E-state index contributed by atoms with van der Waals surface area (Å²) in [6.45, 7) is 1.87. The van der Waals surface area contributed by atoms with E-state index in [1.54, 1.807) is 25.1 Å². The first-order valence-corrected chi connectivity index (χ1v) is 7.60. The van der Waals surface area contributed by atoms with Gasteiger partial charge >= 0.3 is 5.97 Å². The highest BCUT2D eigenvalue weighted by Crippen LogP contribution is 2.30. The molecular formula is C15H13ClN4O4. The van der Waals surface area contributed by atoms with Gasteiger partial charge in [-0.2, -0.15) is 0 Å². The average Bonchev–Trinajstić information content (AvgIpc) is 3.12. The Morgan fingerprint density at radius 2 is 2.21 bits per heavy atom. The quantitative estimate of drug-likeness (QED) is 0.615. The van der Waals surface area contributed by atoms with E-state index in [1.165, 1.54) is 16.9 Å². The van der Waals surface area contributed by atoms with Gasteiger partial charge in [0.1, 0.15) is 6.04 Å². The standard InChI is InChI=1S/C15H13ClN4O4/c1-2-24-15(23)11-8-19(18-17-11)12-7-13(21)20(14(12)22)10-5-3-4-9(16)6-10/h3-6,8,12H,2,7H2,1H3. The van der Waals surface area contributed by atoms with Crippen molar-refractivity contribution in [2.45, 2.75) is 19.4 Å². The number of aromatic nitrogens is 3. The van der Waals surface area contributed by atoms with Crippen molar-refractivity contribution in [3.05, 3.63) is 41.2 Å². The lowest BCUT2D eigenvalue weighted by Crippen LogP contribution is -2.31. The van der Waals surface area contributed by atoms with Crippen LogP contribution in [0, 0.1) is 0 Å². The Hall–Kier alpha value is -2.74. The van der Waals surface area contributed by atoms with Crippen LogP contribution in [0.15, 0.2) is 30.5 Å². The van der Waals surface area contributed by atoms with Crippen LogP contribution in [0.3, 0.4) is 0 Å². The number of rotatable bonds is 4. The molecule has 0 saturated carbocycles. The third-order valence-corrected chi connectivity index (χ3v) is 3.74. The third-order valence-electron chi connectivity index (χ3n) is 3.50. The fourth-order valence-electron chi connectivity index (χ4n) is 2.44. The fourth-order valence-corrected chi connectivity index (χ4v) is 2.62. The zero-order valence-electron chi connectivity index (χ0n) is 12.7. The average molecular weight is 349 g/mol. The lowest BCUT2D eigenvalue weighted by Gasteiger charge is -2.15. The van der Waals surface area contributed by atoms with Gasteiger partial charge < -0.3 is 4.74 Å². The van der Waals surface area contributed by atoms with Crippen LogP contribution >= 0.6 is 11.6 Å². The van der Waals surface area contributed by atoms with E-state index in [-0.39, 0.29) is 24.6 Å². The van der Waals surface area contributed by atoms with Gasteiger partial charge in [-0.1, -0.05) is 22.9 Å². The molecule has 2 amide bonds. The van der Waals surface area contributed by atoms with Crippen LogP contribution in [0.4, 0.5) is 5.69 Å². The molecule has 0 spiro atoms. The maximum atomic E-state index is 12.6. The molecule has 2 aromatic rings. The van der Waals surface area contributed by atoms with Crippen LogP contribution in [-0.4, -0.2) is 39.4 Å².